The summed E-state index contributed by atoms with van der Waals surface area (Å²) >= 11 is 6.40. The summed E-state index contributed by atoms with van der Waals surface area (Å²) in [6.07, 6.45) is 1.51. The monoisotopic (exact) mass is 539 g/mol. The van der Waals surface area contributed by atoms with E-state index in [1.54, 1.807) is 12.1 Å². The molecule has 1 aliphatic carbocycles. The second-order valence-electron chi connectivity index (χ2n) is 9.77. The molecule has 0 unspecified atom stereocenters. The molecule has 11 heteroatoms. The lowest BCUT2D eigenvalue weighted by Gasteiger charge is -2.32. The van der Waals surface area contributed by atoms with Crippen LogP contribution in [0.1, 0.15) is 61.7 Å². The third kappa shape index (κ3) is 6.91. The number of esters is 2. The van der Waals surface area contributed by atoms with Crippen molar-refractivity contribution in [3.8, 4) is 0 Å². The average molecular weight is 540 g/mol. The normalized spacial score (nSPS) is 17.6. The number of pyridine rings is 1. The number of anilines is 1. The Labute approximate surface area is 217 Å². The zero-order valence-corrected chi connectivity index (χ0v) is 21.0. The third-order valence-electron chi connectivity index (χ3n) is 7.14. The Balaban J connectivity index is 1.37. The molecular weight excluding hydrogens is 511 g/mol. The van der Waals surface area contributed by atoms with Gasteiger partial charge in [-0.3, -0.25) is 9.59 Å². The van der Waals surface area contributed by atoms with E-state index in [2.05, 4.69) is 10.1 Å². The van der Waals surface area contributed by atoms with Crippen molar-refractivity contribution in [1.29, 1.82) is 0 Å². The largest absolute Gasteiger partial charge is 0.491 e. The van der Waals surface area contributed by atoms with Crippen LogP contribution in [-0.4, -0.2) is 48.6 Å². The molecule has 200 valence electrons. The molecule has 2 aromatic rings. The number of hydrogen-bond donors (Lipinski definition) is 1. The van der Waals surface area contributed by atoms with Crippen LogP contribution in [0.15, 0.2) is 24.3 Å². The second-order valence-corrected chi connectivity index (χ2v) is 10.2. The molecule has 1 aliphatic heterocycles. The number of rotatable bonds is 6. The smallest absolute Gasteiger partial charge is 0.386 e. The lowest BCUT2D eigenvalue weighted by molar-refractivity contribution is -0.202. The molecule has 2 fully saturated rings. The molecular formula is C26H29ClF3N3O4. The number of nitrogens with one attached hydrogen (secondary N) is 1. The van der Waals surface area contributed by atoms with E-state index in [-0.39, 0.29) is 18.2 Å². The van der Waals surface area contributed by atoms with E-state index in [9.17, 15) is 27.6 Å². The SMILES string of the molecule is O=C(CC1CCN(c2ccc3c(C(=O)NCC4CCCCC4)c(Cl)ccc3n2)CC1)OC(=O)C(F)(F)F. The van der Waals surface area contributed by atoms with Crippen LogP contribution in [0.3, 0.4) is 0 Å². The molecule has 1 aromatic heterocycles. The maximum atomic E-state index is 13.0. The fourth-order valence-corrected chi connectivity index (χ4v) is 5.35. The minimum Gasteiger partial charge on any atom is -0.386 e. The summed E-state index contributed by atoms with van der Waals surface area (Å²) in [7, 11) is 0. The van der Waals surface area contributed by atoms with Gasteiger partial charge < -0.3 is 15.0 Å². The summed E-state index contributed by atoms with van der Waals surface area (Å²) in [5.74, 6) is -2.88. The van der Waals surface area contributed by atoms with Gasteiger partial charge in [0, 0.05) is 31.4 Å². The zero-order valence-electron chi connectivity index (χ0n) is 20.3. The standard InChI is InChI=1S/C26H29ClF3N3O4/c27-19-7-8-20-18(23(19)24(35)31-15-17-4-2-1-3-5-17)6-9-21(32-20)33-12-10-16(11-13-33)14-22(34)37-25(36)26(28,29)30/h6-9,16-17H,1-5,10-15H2,(H,31,35). The van der Waals surface area contributed by atoms with Gasteiger partial charge in [-0.15, -0.1) is 0 Å². The highest BCUT2D eigenvalue weighted by atomic mass is 35.5. The number of carbonyl (C=O) groups is 3. The predicted octanol–water partition coefficient (Wildman–Crippen LogP) is 5.44. The van der Waals surface area contributed by atoms with Crippen LogP contribution < -0.4 is 10.2 Å². The third-order valence-corrected chi connectivity index (χ3v) is 7.46. The number of halogens is 4. The maximum Gasteiger partial charge on any atom is 0.491 e. The number of benzene rings is 1. The molecule has 1 amide bonds. The van der Waals surface area contributed by atoms with Crippen LogP contribution in [0.2, 0.25) is 5.02 Å². The van der Waals surface area contributed by atoms with Gasteiger partial charge in [0.05, 0.1) is 16.1 Å². The van der Waals surface area contributed by atoms with Gasteiger partial charge >= 0.3 is 18.1 Å². The van der Waals surface area contributed by atoms with E-state index in [0.717, 1.165) is 12.8 Å². The van der Waals surface area contributed by atoms with Crippen LogP contribution in [0, 0.1) is 11.8 Å². The first-order chi connectivity index (χ1) is 17.6. The first kappa shape index (κ1) is 27.2. The first-order valence-electron chi connectivity index (χ1n) is 12.6. The number of alkyl halides is 3. The Morgan fingerprint density at radius 1 is 1.00 bits per heavy atom. The highest BCUT2D eigenvalue weighted by molar-refractivity contribution is 6.35. The fourth-order valence-electron chi connectivity index (χ4n) is 5.10. The lowest BCUT2D eigenvalue weighted by atomic mass is 9.89. The Hall–Kier alpha value is -2.88. The zero-order chi connectivity index (χ0) is 26.6. The Morgan fingerprint density at radius 2 is 1.70 bits per heavy atom. The number of piperidine rings is 1. The molecule has 2 heterocycles. The van der Waals surface area contributed by atoms with Gasteiger partial charge in [-0.1, -0.05) is 30.9 Å². The summed E-state index contributed by atoms with van der Waals surface area (Å²) < 4.78 is 40.7. The van der Waals surface area contributed by atoms with Gasteiger partial charge in [-0.2, -0.15) is 13.2 Å². The number of fused-ring (bicyclic) bond motifs is 1. The van der Waals surface area contributed by atoms with Gasteiger partial charge in [0.15, 0.2) is 0 Å². The molecule has 1 saturated carbocycles. The van der Waals surface area contributed by atoms with Crippen molar-refractivity contribution in [2.24, 2.45) is 11.8 Å². The molecule has 1 saturated heterocycles. The number of amides is 1. The van der Waals surface area contributed by atoms with Crippen LogP contribution in [-0.2, 0) is 14.3 Å². The van der Waals surface area contributed by atoms with Gasteiger partial charge in [-0.05, 0) is 61.8 Å². The minimum atomic E-state index is -5.19. The molecule has 0 atom stereocenters. The number of nitrogens with zero attached hydrogens (tertiary/aromatic N) is 2. The molecule has 0 bridgehead atoms. The molecule has 2 aliphatic rings. The summed E-state index contributed by atoms with van der Waals surface area (Å²) in [6, 6.07) is 7.06. The van der Waals surface area contributed by atoms with Crippen molar-refractivity contribution in [2.45, 2.75) is 57.5 Å². The van der Waals surface area contributed by atoms with E-state index in [1.165, 1.54) is 19.3 Å². The number of carbonyl (C=O) groups excluding carboxylic acids is 3. The molecule has 37 heavy (non-hydrogen) atoms. The van der Waals surface area contributed by atoms with E-state index in [1.807, 2.05) is 17.0 Å². The van der Waals surface area contributed by atoms with Crippen molar-refractivity contribution in [3.05, 3.63) is 34.9 Å². The Bertz CT molecular complexity index is 1160. The van der Waals surface area contributed by atoms with Crippen LogP contribution in [0.4, 0.5) is 19.0 Å². The van der Waals surface area contributed by atoms with Crippen molar-refractivity contribution in [1.82, 2.24) is 10.3 Å². The molecule has 4 rings (SSSR count). The number of hydrogen-bond acceptors (Lipinski definition) is 6. The van der Waals surface area contributed by atoms with Gasteiger partial charge in [-0.25, -0.2) is 9.78 Å². The molecule has 0 radical (unpaired) electrons. The van der Waals surface area contributed by atoms with E-state index in [4.69, 9.17) is 16.6 Å². The molecule has 0 spiro atoms. The topological polar surface area (TPSA) is 88.6 Å². The summed E-state index contributed by atoms with van der Waals surface area (Å²) in [5, 5.41) is 4.05. The van der Waals surface area contributed by atoms with Crippen LogP contribution in [0.25, 0.3) is 10.9 Å². The van der Waals surface area contributed by atoms with E-state index < -0.39 is 18.1 Å². The van der Waals surface area contributed by atoms with E-state index >= 15 is 0 Å². The van der Waals surface area contributed by atoms with E-state index in [0.29, 0.717) is 65.7 Å². The van der Waals surface area contributed by atoms with Crippen molar-refractivity contribution >= 4 is 46.2 Å². The highest BCUT2D eigenvalue weighted by Crippen LogP contribution is 2.30. The summed E-state index contributed by atoms with van der Waals surface area (Å²) in [5.41, 5.74) is 1.03. The summed E-state index contributed by atoms with van der Waals surface area (Å²) in [6.45, 7) is 1.70. The van der Waals surface area contributed by atoms with Crippen LogP contribution in [0.5, 0.6) is 0 Å². The van der Waals surface area contributed by atoms with Gasteiger partial charge in [0.2, 0.25) is 0 Å². The lowest BCUT2D eigenvalue weighted by Crippen LogP contribution is -2.35. The van der Waals surface area contributed by atoms with Gasteiger partial charge in [0.1, 0.15) is 5.82 Å². The average Bonchev–Trinajstić information content (AvgIpc) is 2.87. The maximum absolute atomic E-state index is 13.0. The van der Waals surface area contributed by atoms with Crippen LogP contribution >= 0.6 is 11.6 Å². The van der Waals surface area contributed by atoms with Gasteiger partial charge in [0.25, 0.3) is 5.91 Å². The minimum absolute atomic E-state index is 0.191. The summed E-state index contributed by atoms with van der Waals surface area (Å²) in [4.78, 5) is 42.3. The molecule has 1 aromatic carbocycles. The highest BCUT2D eigenvalue weighted by Gasteiger charge is 2.42. The molecule has 7 nitrogen and oxygen atoms in total. The Morgan fingerprint density at radius 3 is 2.38 bits per heavy atom. The first-order valence-corrected chi connectivity index (χ1v) is 12.9. The fraction of sp³-hybridized carbons (Fsp3) is 0.538. The molecule has 1 N–H and O–H groups in total. The second kappa shape index (κ2) is 11.7. The van der Waals surface area contributed by atoms with Crippen molar-refractivity contribution < 1.29 is 32.3 Å². The van der Waals surface area contributed by atoms with Crippen molar-refractivity contribution in [3.63, 3.8) is 0 Å². The number of aromatic nitrogens is 1. The quantitative estimate of drug-likeness (QED) is 0.388. The van der Waals surface area contributed by atoms with Crippen molar-refractivity contribution in [2.75, 3.05) is 24.5 Å². The Kier molecular flexibility index (Phi) is 8.56. The number of ether oxygens (including phenoxy) is 1. The predicted molar refractivity (Wildman–Crippen MR) is 132 cm³/mol.